The first kappa shape index (κ1) is 10.6. The summed E-state index contributed by atoms with van der Waals surface area (Å²) in [4.78, 5) is 14.5. The van der Waals surface area contributed by atoms with Gasteiger partial charge in [-0.2, -0.15) is 0 Å². The number of hydrogen-bond acceptors (Lipinski definition) is 2. The SMILES string of the molecule is CC1CCCCCC1N1CNC2(CC2)C1=O. The van der Waals surface area contributed by atoms with Crippen LogP contribution in [0.4, 0.5) is 0 Å². The third-order valence-electron chi connectivity index (χ3n) is 4.72. The van der Waals surface area contributed by atoms with Gasteiger partial charge in [-0.05, 0) is 31.6 Å². The van der Waals surface area contributed by atoms with Gasteiger partial charge in [-0.25, -0.2) is 0 Å². The van der Waals surface area contributed by atoms with Gasteiger partial charge in [-0.3, -0.25) is 10.1 Å². The molecule has 2 atom stereocenters. The Balaban J connectivity index is 1.74. The average Bonchev–Trinajstić information content (AvgIpc) is 3.01. The molecule has 0 radical (unpaired) electrons. The fourth-order valence-electron chi connectivity index (χ4n) is 3.38. The quantitative estimate of drug-likeness (QED) is 0.687. The zero-order chi connectivity index (χ0) is 11.2. The summed E-state index contributed by atoms with van der Waals surface area (Å²) in [5, 5.41) is 3.42. The highest BCUT2D eigenvalue weighted by molar-refractivity contribution is 5.91. The van der Waals surface area contributed by atoms with Crippen molar-refractivity contribution in [3.05, 3.63) is 0 Å². The number of amides is 1. The molecule has 3 rings (SSSR count). The molecule has 16 heavy (non-hydrogen) atoms. The van der Waals surface area contributed by atoms with E-state index in [2.05, 4.69) is 17.1 Å². The van der Waals surface area contributed by atoms with Gasteiger partial charge in [0.1, 0.15) is 0 Å². The smallest absolute Gasteiger partial charge is 0.244 e. The second kappa shape index (κ2) is 3.73. The Kier molecular flexibility index (Phi) is 2.46. The number of hydrogen-bond donors (Lipinski definition) is 1. The summed E-state index contributed by atoms with van der Waals surface area (Å²) in [7, 11) is 0. The van der Waals surface area contributed by atoms with E-state index in [-0.39, 0.29) is 5.54 Å². The van der Waals surface area contributed by atoms with Crippen LogP contribution in [0.2, 0.25) is 0 Å². The molecule has 3 heteroatoms. The van der Waals surface area contributed by atoms with Crippen LogP contribution in [0.5, 0.6) is 0 Å². The second-order valence-electron chi connectivity index (χ2n) is 5.87. The van der Waals surface area contributed by atoms with Crippen LogP contribution in [0.25, 0.3) is 0 Å². The molecule has 3 nitrogen and oxygen atoms in total. The third kappa shape index (κ3) is 1.56. The fourth-order valence-corrected chi connectivity index (χ4v) is 3.38. The van der Waals surface area contributed by atoms with Crippen molar-refractivity contribution in [3.63, 3.8) is 0 Å². The molecule has 2 aliphatic carbocycles. The molecule has 1 N–H and O–H groups in total. The average molecular weight is 222 g/mol. The summed E-state index contributed by atoms with van der Waals surface area (Å²) in [6.07, 6.45) is 8.62. The molecule has 90 valence electrons. The van der Waals surface area contributed by atoms with Crippen molar-refractivity contribution < 1.29 is 4.79 Å². The van der Waals surface area contributed by atoms with E-state index in [0.717, 1.165) is 19.5 Å². The summed E-state index contributed by atoms with van der Waals surface area (Å²) < 4.78 is 0. The third-order valence-corrected chi connectivity index (χ3v) is 4.72. The molecule has 0 aromatic heterocycles. The van der Waals surface area contributed by atoms with Gasteiger partial charge in [0.15, 0.2) is 0 Å². The minimum atomic E-state index is -0.105. The Morgan fingerprint density at radius 2 is 2.00 bits per heavy atom. The number of rotatable bonds is 1. The van der Waals surface area contributed by atoms with Crippen LogP contribution in [0.15, 0.2) is 0 Å². The molecule has 0 aromatic carbocycles. The van der Waals surface area contributed by atoms with Crippen molar-refractivity contribution in [2.24, 2.45) is 5.92 Å². The summed E-state index contributed by atoms with van der Waals surface area (Å²) >= 11 is 0. The molecule has 1 aliphatic heterocycles. The summed E-state index contributed by atoms with van der Waals surface area (Å²) in [6.45, 7) is 3.12. The zero-order valence-corrected chi connectivity index (χ0v) is 10.2. The molecule has 3 fully saturated rings. The van der Waals surface area contributed by atoms with E-state index >= 15 is 0 Å². The van der Waals surface area contributed by atoms with Gasteiger partial charge in [0.2, 0.25) is 5.91 Å². The van der Waals surface area contributed by atoms with Crippen LogP contribution in [-0.4, -0.2) is 29.1 Å². The second-order valence-corrected chi connectivity index (χ2v) is 5.87. The number of carbonyl (C=O) groups is 1. The summed E-state index contributed by atoms with van der Waals surface area (Å²) in [5.74, 6) is 1.08. The van der Waals surface area contributed by atoms with Crippen LogP contribution in [0.3, 0.4) is 0 Å². The van der Waals surface area contributed by atoms with Gasteiger partial charge in [-0.15, -0.1) is 0 Å². The first-order valence-corrected chi connectivity index (χ1v) is 6.79. The fraction of sp³-hybridized carbons (Fsp3) is 0.923. The van der Waals surface area contributed by atoms with Gasteiger partial charge >= 0.3 is 0 Å². The monoisotopic (exact) mass is 222 g/mol. The lowest BCUT2D eigenvalue weighted by atomic mass is 9.95. The highest BCUT2D eigenvalue weighted by Crippen LogP contribution is 2.42. The van der Waals surface area contributed by atoms with Crippen LogP contribution < -0.4 is 5.32 Å². The van der Waals surface area contributed by atoms with E-state index in [0.29, 0.717) is 17.9 Å². The maximum absolute atomic E-state index is 12.3. The summed E-state index contributed by atoms with van der Waals surface area (Å²) in [6, 6.07) is 0.502. The molecule has 1 spiro atoms. The molecular weight excluding hydrogens is 200 g/mol. The standard InChI is InChI=1S/C13H22N2O/c1-10-5-3-2-4-6-11(10)15-9-14-13(7-8-13)12(15)16/h10-11,14H,2-9H2,1H3. The Morgan fingerprint density at radius 1 is 1.25 bits per heavy atom. The molecule has 1 saturated heterocycles. The molecule has 0 aromatic rings. The van der Waals surface area contributed by atoms with Gasteiger partial charge in [0, 0.05) is 6.04 Å². The van der Waals surface area contributed by atoms with Crippen molar-refractivity contribution >= 4 is 5.91 Å². The number of nitrogens with zero attached hydrogens (tertiary/aromatic N) is 1. The predicted octanol–water partition coefficient (Wildman–Crippen LogP) is 1.88. The minimum absolute atomic E-state index is 0.105. The van der Waals surface area contributed by atoms with Crippen molar-refractivity contribution in [3.8, 4) is 0 Å². The topological polar surface area (TPSA) is 32.3 Å². The van der Waals surface area contributed by atoms with E-state index in [1.807, 2.05) is 0 Å². The van der Waals surface area contributed by atoms with E-state index in [1.165, 1.54) is 32.1 Å². The highest BCUT2D eigenvalue weighted by atomic mass is 16.2. The molecule has 2 saturated carbocycles. The van der Waals surface area contributed by atoms with Gasteiger partial charge in [-0.1, -0.05) is 26.2 Å². The van der Waals surface area contributed by atoms with Crippen molar-refractivity contribution in [1.29, 1.82) is 0 Å². The lowest BCUT2D eigenvalue weighted by molar-refractivity contribution is -0.132. The van der Waals surface area contributed by atoms with Crippen molar-refractivity contribution in [2.75, 3.05) is 6.67 Å². The lowest BCUT2D eigenvalue weighted by Gasteiger charge is -2.31. The number of nitrogens with one attached hydrogen (secondary N) is 1. The lowest BCUT2D eigenvalue weighted by Crippen LogP contribution is -2.42. The van der Waals surface area contributed by atoms with E-state index in [9.17, 15) is 4.79 Å². The maximum atomic E-state index is 12.3. The molecule has 1 heterocycles. The molecule has 0 bridgehead atoms. The Labute approximate surface area is 97.6 Å². The Morgan fingerprint density at radius 3 is 2.69 bits per heavy atom. The molecule has 3 aliphatic rings. The van der Waals surface area contributed by atoms with Crippen LogP contribution in [0, 0.1) is 5.92 Å². The largest absolute Gasteiger partial charge is 0.325 e. The minimum Gasteiger partial charge on any atom is -0.325 e. The Bertz CT molecular complexity index is 298. The van der Waals surface area contributed by atoms with Gasteiger partial charge in [0.05, 0.1) is 12.2 Å². The predicted molar refractivity (Wildman–Crippen MR) is 62.9 cm³/mol. The summed E-state index contributed by atoms with van der Waals surface area (Å²) in [5.41, 5.74) is -0.105. The van der Waals surface area contributed by atoms with E-state index in [1.54, 1.807) is 0 Å². The van der Waals surface area contributed by atoms with E-state index < -0.39 is 0 Å². The highest BCUT2D eigenvalue weighted by Gasteiger charge is 2.56. The van der Waals surface area contributed by atoms with Gasteiger partial charge < -0.3 is 4.90 Å². The van der Waals surface area contributed by atoms with E-state index in [4.69, 9.17) is 0 Å². The van der Waals surface area contributed by atoms with Gasteiger partial charge in [0.25, 0.3) is 0 Å². The van der Waals surface area contributed by atoms with Crippen LogP contribution in [0.1, 0.15) is 51.9 Å². The molecule has 1 amide bonds. The van der Waals surface area contributed by atoms with Crippen molar-refractivity contribution in [2.45, 2.75) is 63.5 Å². The van der Waals surface area contributed by atoms with Crippen LogP contribution in [-0.2, 0) is 4.79 Å². The molecular formula is C13H22N2O. The van der Waals surface area contributed by atoms with Crippen LogP contribution >= 0.6 is 0 Å². The maximum Gasteiger partial charge on any atom is 0.244 e. The Hall–Kier alpha value is -0.570. The zero-order valence-electron chi connectivity index (χ0n) is 10.2. The molecule has 2 unspecified atom stereocenters. The first-order chi connectivity index (χ1) is 7.73. The van der Waals surface area contributed by atoms with Crippen molar-refractivity contribution in [1.82, 2.24) is 10.2 Å². The first-order valence-electron chi connectivity index (χ1n) is 6.79. The number of carbonyl (C=O) groups excluding carboxylic acids is 1. The normalized spacial score (nSPS) is 37.8.